The molecule has 0 heterocycles. The molecule has 0 unspecified atom stereocenters. The monoisotopic (exact) mass is 289 g/mol. The molecule has 21 heavy (non-hydrogen) atoms. The first-order chi connectivity index (χ1) is 10.3. The van der Waals surface area contributed by atoms with E-state index in [4.69, 9.17) is 4.74 Å². The average Bonchev–Trinajstić information content (AvgIpc) is 2.48. The van der Waals surface area contributed by atoms with E-state index in [0.29, 0.717) is 12.5 Å². The van der Waals surface area contributed by atoms with Crippen molar-refractivity contribution in [2.45, 2.75) is 70.4 Å². The zero-order chi connectivity index (χ0) is 14.9. The molecule has 1 aromatic carbocycles. The number of nitrogens with one attached hydrogen (secondary N) is 1. The number of amides is 1. The number of para-hydroxylation sites is 1. The summed E-state index contributed by atoms with van der Waals surface area (Å²) in [7, 11) is 0. The molecule has 1 aliphatic carbocycles. The predicted molar refractivity (Wildman–Crippen MR) is 85.4 cm³/mol. The molecule has 1 aliphatic rings. The number of carbonyl (C=O) groups excluding carboxylic acids is 1. The Morgan fingerprint density at radius 1 is 1.14 bits per heavy atom. The van der Waals surface area contributed by atoms with Crippen LogP contribution in [0.25, 0.3) is 0 Å². The van der Waals surface area contributed by atoms with Crippen molar-refractivity contribution in [1.29, 1.82) is 0 Å². The van der Waals surface area contributed by atoms with E-state index < -0.39 is 6.10 Å². The highest BCUT2D eigenvalue weighted by atomic mass is 16.5. The van der Waals surface area contributed by atoms with Gasteiger partial charge in [0.1, 0.15) is 5.75 Å². The smallest absolute Gasteiger partial charge is 0.261 e. The predicted octanol–water partition coefficient (Wildman–Crippen LogP) is 4.07. The van der Waals surface area contributed by atoms with E-state index in [1.165, 1.54) is 32.1 Å². The van der Waals surface area contributed by atoms with Gasteiger partial charge in [-0.1, -0.05) is 57.2 Å². The molecule has 0 bridgehead atoms. The number of carbonyl (C=O) groups is 1. The number of hydrogen-bond acceptors (Lipinski definition) is 2. The van der Waals surface area contributed by atoms with E-state index in [9.17, 15) is 4.79 Å². The Bertz CT molecular complexity index is 410. The second kappa shape index (κ2) is 8.71. The zero-order valence-corrected chi connectivity index (χ0v) is 13.0. The van der Waals surface area contributed by atoms with Gasteiger partial charge in [0.15, 0.2) is 6.10 Å². The highest BCUT2D eigenvalue weighted by Gasteiger charge is 2.21. The molecule has 0 aromatic heterocycles. The summed E-state index contributed by atoms with van der Waals surface area (Å²) < 4.78 is 5.81. The summed E-state index contributed by atoms with van der Waals surface area (Å²) in [6.07, 6.45) is 8.89. The van der Waals surface area contributed by atoms with E-state index in [1.807, 2.05) is 37.3 Å². The second-order valence-corrected chi connectivity index (χ2v) is 5.88. The fourth-order valence-electron chi connectivity index (χ4n) is 2.88. The van der Waals surface area contributed by atoms with Crippen molar-refractivity contribution < 1.29 is 9.53 Å². The van der Waals surface area contributed by atoms with E-state index >= 15 is 0 Å². The molecule has 0 saturated heterocycles. The summed E-state index contributed by atoms with van der Waals surface area (Å²) in [5.74, 6) is 0.795. The van der Waals surface area contributed by atoms with Gasteiger partial charge in [0, 0.05) is 6.04 Å². The number of rotatable bonds is 5. The van der Waals surface area contributed by atoms with Crippen LogP contribution in [0.5, 0.6) is 5.75 Å². The van der Waals surface area contributed by atoms with Gasteiger partial charge in [0.25, 0.3) is 5.91 Å². The summed E-state index contributed by atoms with van der Waals surface area (Å²) >= 11 is 0. The Kier molecular flexibility index (Phi) is 6.58. The van der Waals surface area contributed by atoms with Gasteiger partial charge in [-0.2, -0.15) is 0 Å². The van der Waals surface area contributed by atoms with Gasteiger partial charge in [-0.15, -0.1) is 0 Å². The number of benzene rings is 1. The normalized spacial score (nSPS) is 18.3. The molecule has 1 N–H and O–H groups in total. The van der Waals surface area contributed by atoms with Crippen LogP contribution in [-0.4, -0.2) is 18.1 Å². The van der Waals surface area contributed by atoms with Gasteiger partial charge >= 0.3 is 0 Å². The van der Waals surface area contributed by atoms with Gasteiger partial charge in [0.05, 0.1) is 0 Å². The molecule has 1 fully saturated rings. The molecule has 3 heteroatoms. The van der Waals surface area contributed by atoms with E-state index in [-0.39, 0.29) is 5.91 Å². The lowest BCUT2D eigenvalue weighted by Gasteiger charge is -2.24. The van der Waals surface area contributed by atoms with Crippen LogP contribution in [0.2, 0.25) is 0 Å². The third kappa shape index (κ3) is 5.41. The third-order valence-electron chi connectivity index (χ3n) is 4.14. The van der Waals surface area contributed by atoms with Gasteiger partial charge in [-0.25, -0.2) is 0 Å². The van der Waals surface area contributed by atoms with Crippen molar-refractivity contribution in [2.75, 3.05) is 0 Å². The maximum absolute atomic E-state index is 12.4. The lowest BCUT2D eigenvalue weighted by atomic mass is 9.96. The Morgan fingerprint density at radius 2 is 1.76 bits per heavy atom. The summed E-state index contributed by atoms with van der Waals surface area (Å²) in [5.41, 5.74) is 0. The maximum Gasteiger partial charge on any atom is 0.261 e. The Morgan fingerprint density at radius 3 is 2.38 bits per heavy atom. The Balaban J connectivity index is 1.86. The van der Waals surface area contributed by atoms with Crippen molar-refractivity contribution in [1.82, 2.24) is 5.32 Å². The molecule has 3 nitrogen and oxygen atoms in total. The third-order valence-corrected chi connectivity index (χ3v) is 4.14. The molecule has 1 saturated carbocycles. The minimum absolute atomic E-state index is 0.0342. The van der Waals surface area contributed by atoms with Gasteiger partial charge < -0.3 is 10.1 Å². The van der Waals surface area contributed by atoms with Crippen LogP contribution >= 0.6 is 0 Å². The quantitative estimate of drug-likeness (QED) is 0.887. The van der Waals surface area contributed by atoms with E-state index in [2.05, 4.69) is 5.32 Å². The van der Waals surface area contributed by atoms with E-state index in [0.717, 1.165) is 18.6 Å². The van der Waals surface area contributed by atoms with E-state index in [1.54, 1.807) is 0 Å². The van der Waals surface area contributed by atoms with Crippen molar-refractivity contribution in [2.24, 2.45) is 0 Å². The average molecular weight is 289 g/mol. The molecule has 0 spiro atoms. The SMILES string of the molecule is CC[C@H](Oc1ccccc1)C(=O)NC1CCCCCCC1. The summed E-state index contributed by atoms with van der Waals surface area (Å²) in [6, 6.07) is 9.91. The second-order valence-electron chi connectivity index (χ2n) is 5.88. The van der Waals surface area contributed by atoms with Crippen molar-refractivity contribution >= 4 is 5.91 Å². The van der Waals surface area contributed by atoms with Crippen LogP contribution in [0, 0.1) is 0 Å². The van der Waals surface area contributed by atoms with Crippen molar-refractivity contribution in [3.63, 3.8) is 0 Å². The Hall–Kier alpha value is -1.51. The minimum atomic E-state index is -0.391. The first kappa shape index (κ1) is 15.9. The van der Waals surface area contributed by atoms with Gasteiger partial charge in [-0.3, -0.25) is 4.79 Å². The lowest BCUT2D eigenvalue weighted by Crippen LogP contribution is -2.43. The van der Waals surface area contributed by atoms with Crippen LogP contribution in [0.3, 0.4) is 0 Å². The highest BCUT2D eigenvalue weighted by Crippen LogP contribution is 2.18. The fraction of sp³-hybridized carbons (Fsp3) is 0.611. The molecule has 0 radical (unpaired) electrons. The van der Waals surface area contributed by atoms with Crippen LogP contribution < -0.4 is 10.1 Å². The molecule has 116 valence electrons. The number of hydrogen-bond donors (Lipinski definition) is 1. The van der Waals surface area contributed by atoms with Crippen LogP contribution in [0.1, 0.15) is 58.3 Å². The first-order valence-electron chi connectivity index (χ1n) is 8.31. The first-order valence-corrected chi connectivity index (χ1v) is 8.31. The summed E-state index contributed by atoms with van der Waals surface area (Å²) in [6.45, 7) is 1.99. The molecule has 1 amide bonds. The van der Waals surface area contributed by atoms with Crippen molar-refractivity contribution in [3.8, 4) is 5.75 Å². The molecule has 1 aromatic rings. The largest absolute Gasteiger partial charge is 0.481 e. The molecule has 1 atom stereocenters. The molecule has 2 rings (SSSR count). The van der Waals surface area contributed by atoms with Crippen molar-refractivity contribution in [3.05, 3.63) is 30.3 Å². The Labute approximate surface area is 128 Å². The standard InChI is InChI=1S/C18H27NO2/c1-2-17(21-16-13-9-6-10-14-16)18(20)19-15-11-7-4-3-5-8-12-15/h6,9-10,13-15,17H,2-5,7-8,11-12H2,1H3,(H,19,20)/t17-/m0/s1. The van der Waals surface area contributed by atoms with Crippen LogP contribution in [0.15, 0.2) is 30.3 Å². The van der Waals surface area contributed by atoms with Gasteiger partial charge in [-0.05, 0) is 31.4 Å². The summed E-state index contributed by atoms with van der Waals surface area (Å²) in [5, 5.41) is 3.19. The minimum Gasteiger partial charge on any atom is -0.481 e. The number of ether oxygens (including phenoxy) is 1. The van der Waals surface area contributed by atoms with Crippen LogP contribution in [-0.2, 0) is 4.79 Å². The summed E-state index contributed by atoms with van der Waals surface area (Å²) in [4.78, 5) is 12.4. The maximum atomic E-state index is 12.4. The van der Waals surface area contributed by atoms with Crippen LogP contribution in [0.4, 0.5) is 0 Å². The fourth-order valence-corrected chi connectivity index (χ4v) is 2.88. The lowest BCUT2D eigenvalue weighted by molar-refractivity contribution is -0.129. The molecule has 0 aliphatic heterocycles. The zero-order valence-electron chi connectivity index (χ0n) is 13.0. The molecular weight excluding hydrogens is 262 g/mol. The topological polar surface area (TPSA) is 38.3 Å². The molecular formula is C18H27NO2. The highest BCUT2D eigenvalue weighted by molar-refractivity contribution is 5.81. The van der Waals surface area contributed by atoms with Gasteiger partial charge in [0.2, 0.25) is 0 Å².